The van der Waals surface area contributed by atoms with E-state index >= 15 is 0 Å². The lowest BCUT2D eigenvalue weighted by Crippen LogP contribution is -2.15. The van der Waals surface area contributed by atoms with Crippen LogP contribution in [0.1, 0.15) is 18.4 Å². The molecule has 0 saturated heterocycles. The molecule has 2 aromatic rings. The Bertz CT molecular complexity index is 622. The van der Waals surface area contributed by atoms with Crippen LogP contribution in [0.15, 0.2) is 42.6 Å². The molecule has 108 valence electrons. The minimum absolute atomic E-state index is 0.0387. The van der Waals surface area contributed by atoms with Gasteiger partial charge in [-0.1, -0.05) is 6.07 Å². The monoisotopic (exact) mass is 285 g/mol. The molecule has 0 amide bonds. The predicted molar refractivity (Wildman–Crippen MR) is 77.3 cm³/mol. The van der Waals surface area contributed by atoms with Crippen molar-refractivity contribution in [3.05, 3.63) is 58.3 Å². The average molecular weight is 285 g/mol. The van der Waals surface area contributed by atoms with Gasteiger partial charge < -0.3 is 10.1 Å². The minimum Gasteiger partial charge on any atom is -0.439 e. The van der Waals surface area contributed by atoms with Gasteiger partial charge in [0.2, 0.25) is 5.88 Å². The number of rotatable bonds is 6. The molecule has 3 rings (SSSR count). The van der Waals surface area contributed by atoms with Crippen molar-refractivity contribution in [3.8, 4) is 11.6 Å². The number of hydrogen-bond donors (Lipinski definition) is 1. The molecule has 1 aromatic heterocycles. The summed E-state index contributed by atoms with van der Waals surface area (Å²) in [6.45, 7) is 0.815. The van der Waals surface area contributed by atoms with Crippen molar-refractivity contribution in [1.82, 2.24) is 10.3 Å². The number of non-ortho nitro benzene ring substituents is 1. The molecule has 1 N–H and O–H groups in total. The summed E-state index contributed by atoms with van der Waals surface area (Å²) in [5.41, 5.74) is 1.15. The van der Waals surface area contributed by atoms with E-state index in [4.69, 9.17) is 4.74 Å². The maximum absolute atomic E-state index is 10.6. The number of hydrogen-bond acceptors (Lipinski definition) is 5. The molecule has 0 radical (unpaired) electrons. The summed E-state index contributed by atoms with van der Waals surface area (Å²) in [5.74, 6) is 0.996. The highest BCUT2D eigenvalue weighted by Crippen LogP contribution is 2.23. The molecular formula is C15H15N3O3. The van der Waals surface area contributed by atoms with E-state index < -0.39 is 4.92 Å². The Morgan fingerprint density at radius 1 is 1.24 bits per heavy atom. The normalized spacial score (nSPS) is 13.9. The van der Waals surface area contributed by atoms with Crippen LogP contribution in [0, 0.1) is 10.1 Å². The van der Waals surface area contributed by atoms with Crippen molar-refractivity contribution >= 4 is 5.69 Å². The van der Waals surface area contributed by atoms with Gasteiger partial charge in [0.15, 0.2) is 0 Å². The third kappa shape index (κ3) is 3.76. The Balaban J connectivity index is 1.59. The highest BCUT2D eigenvalue weighted by atomic mass is 16.6. The maximum Gasteiger partial charge on any atom is 0.269 e. The average Bonchev–Trinajstić information content (AvgIpc) is 3.31. The topological polar surface area (TPSA) is 77.3 Å². The summed E-state index contributed by atoms with van der Waals surface area (Å²) in [5, 5.41) is 14.0. The van der Waals surface area contributed by atoms with E-state index in [1.807, 2.05) is 6.07 Å². The number of nitro groups is 1. The van der Waals surface area contributed by atoms with Crippen LogP contribution in [0.3, 0.4) is 0 Å². The zero-order chi connectivity index (χ0) is 14.7. The number of nitro benzene ring substituents is 1. The van der Waals surface area contributed by atoms with E-state index in [0.717, 1.165) is 12.1 Å². The highest BCUT2D eigenvalue weighted by Gasteiger charge is 2.19. The van der Waals surface area contributed by atoms with Crippen LogP contribution in [-0.4, -0.2) is 15.9 Å². The largest absolute Gasteiger partial charge is 0.439 e. The first kappa shape index (κ1) is 13.5. The molecule has 0 atom stereocenters. The fourth-order valence-electron chi connectivity index (χ4n) is 1.88. The molecule has 0 aliphatic heterocycles. The molecule has 0 spiro atoms. The smallest absolute Gasteiger partial charge is 0.269 e. The summed E-state index contributed by atoms with van der Waals surface area (Å²) >= 11 is 0. The van der Waals surface area contributed by atoms with Gasteiger partial charge in [0, 0.05) is 37.0 Å². The Kier molecular flexibility index (Phi) is 3.79. The number of benzene rings is 1. The van der Waals surface area contributed by atoms with Gasteiger partial charge in [0.1, 0.15) is 5.75 Å². The molecule has 6 heteroatoms. The van der Waals surface area contributed by atoms with Crippen molar-refractivity contribution in [1.29, 1.82) is 0 Å². The predicted octanol–water partition coefficient (Wildman–Crippen LogP) is 3.03. The summed E-state index contributed by atoms with van der Waals surface area (Å²) in [4.78, 5) is 14.4. The number of ether oxygens (including phenoxy) is 1. The maximum atomic E-state index is 10.6. The number of nitrogens with zero attached hydrogens (tertiary/aromatic N) is 2. The van der Waals surface area contributed by atoms with Gasteiger partial charge >= 0.3 is 0 Å². The SMILES string of the molecule is O=[N+]([O-])c1ccc(Oc2ccc(CNC3CC3)cn2)cc1. The fraction of sp³-hybridized carbons (Fsp3) is 0.267. The molecule has 0 bridgehead atoms. The van der Waals surface area contributed by atoms with E-state index in [2.05, 4.69) is 10.3 Å². The van der Waals surface area contributed by atoms with E-state index in [1.54, 1.807) is 24.4 Å². The Morgan fingerprint density at radius 3 is 2.57 bits per heavy atom. The fourth-order valence-corrected chi connectivity index (χ4v) is 1.88. The van der Waals surface area contributed by atoms with Gasteiger partial charge in [-0.3, -0.25) is 10.1 Å². The first-order valence-corrected chi connectivity index (χ1v) is 6.81. The zero-order valence-electron chi connectivity index (χ0n) is 11.4. The van der Waals surface area contributed by atoms with Crippen molar-refractivity contribution in [2.24, 2.45) is 0 Å². The van der Waals surface area contributed by atoms with Crippen LogP contribution in [0.4, 0.5) is 5.69 Å². The molecule has 6 nitrogen and oxygen atoms in total. The second-order valence-corrected chi connectivity index (χ2v) is 5.01. The molecule has 1 aromatic carbocycles. The van der Waals surface area contributed by atoms with Crippen LogP contribution in [0.5, 0.6) is 11.6 Å². The van der Waals surface area contributed by atoms with Crippen LogP contribution >= 0.6 is 0 Å². The van der Waals surface area contributed by atoms with Gasteiger partial charge in [0.05, 0.1) is 4.92 Å². The first-order chi connectivity index (χ1) is 10.2. The van der Waals surface area contributed by atoms with Gasteiger partial charge in [-0.2, -0.15) is 0 Å². The molecule has 1 aliphatic rings. The van der Waals surface area contributed by atoms with Crippen molar-refractivity contribution in [2.45, 2.75) is 25.4 Å². The molecule has 1 aliphatic carbocycles. The van der Waals surface area contributed by atoms with E-state index in [1.165, 1.54) is 25.0 Å². The summed E-state index contributed by atoms with van der Waals surface area (Å²) < 4.78 is 5.55. The summed E-state index contributed by atoms with van der Waals surface area (Å²) in [6, 6.07) is 10.4. The third-order valence-corrected chi connectivity index (χ3v) is 3.24. The number of aromatic nitrogens is 1. The standard InChI is InChI=1S/C15H15N3O3/c19-18(20)13-4-6-14(7-5-13)21-15-8-1-11(10-17-15)9-16-12-2-3-12/h1,4-8,10,12,16H,2-3,9H2. The molecule has 0 unspecified atom stereocenters. The second-order valence-electron chi connectivity index (χ2n) is 5.01. The Morgan fingerprint density at radius 2 is 2.00 bits per heavy atom. The van der Waals surface area contributed by atoms with Crippen LogP contribution < -0.4 is 10.1 Å². The van der Waals surface area contributed by atoms with E-state index in [9.17, 15) is 10.1 Å². The van der Waals surface area contributed by atoms with Gasteiger partial charge in [0.25, 0.3) is 5.69 Å². The second kappa shape index (κ2) is 5.88. The minimum atomic E-state index is -0.441. The van der Waals surface area contributed by atoms with Crippen molar-refractivity contribution < 1.29 is 9.66 Å². The number of pyridine rings is 1. The lowest BCUT2D eigenvalue weighted by molar-refractivity contribution is -0.384. The van der Waals surface area contributed by atoms with E-state index in [0.29, 0.717) is 17.7 Å². The lowest BCUT2D eigenvalue weighted by Gasteiger charge is -2.06. The molecule has 1 fully saturated rings. The quantitative estimate of drug-likeness (QED) is 0.652. The zero-order valence-corrected chi connectivity index (χ0v) is 11.4. The van der Waals surface area contributed by atoms with Crippen LogP contribution in [0.2, 0.25) is 0 Å². The van der Waals surface area contributed by atoms with Crippen molar-refractivity contribution in [2.75, 3.05) is 0 Å². The summed E-state index contributed by atoms with van der Waals surface area (Å²) in [7, 11) is 0. The Labute approximate surface area is 121 Å². The highest BCUT2D eigenvalue weighted by molar-refractivity contribution is 5.37. The van der Waals surface area contributed by atoms with Crippen LogP contribution in [-0.2, 0) is 6.54 Å². The molecular weight excluding hydrogens is 270 g/mol. The lowest BCUT2D eigenvalue weighted by atomic mass is 10.3. The van der Waals surface area contributed by atoms with Gasteiger partial charge in [-0.25, -0.2) is 4.98 Å². The van der Waals surface area contributed by atoms with Crippen molar-refractivity contribution in [3.63, 3.8) is 0 Å². The van der Waals surface area contributed by atoms with Crippen LogP contribution in [0.25, 0.3) is 0 Å². The number of nitrogens with one attached hydrogen (secondary N) is 1. The van der Waals surface area contributed by atoms with Gasteiger partial charge in [-0.15, -0.1) is 0 Å². The van der Waals surface area contributed by atoms with Gasteiger partial charge in [-0.05, 0) is 30.5 Å². The molecule has 21 heavy (non-hydrogen) atoms. The van der Waals surface area contributed by atoms with E-state index in [-0.39, 0.29) is 5.69 Å². The molecule has 1 heterocycles. The summed E-state index contributed by atoms with van der Waals surface area (Å²) in [6.07, 6.45) is 4.29. The first-order valence-electron chi connectivity index (χ1n) is 6.81. The third-order valence-electron chi connectivity index (χ3n) is 3.24. The Hall–Kier alpha value is -2.47. The molecule has 1 saturated carbocycles.